The minimum atomic E-state index is -1.02. The molecule has 174 valence electrons. The van der Waals surface area contributed by atoms with E-state index in [-0.39, 0.29) is 11.3 Å². The van der Waals surface area contributed by atoms with Crippen molar-refractivity contribution in [1.29, 1.82) is 0 Å². The maximum absolute atomic E-state index is 14.0. The molecule has 1 N–H and O–H groups in total. The molecular weight excluding hydrogens is 406 g/mol. The van der Waals surface area contributed by atoms with Crippen LogP contribution in [-0.4, -0.2) is 29.0 Å². The summed E-state index contributed by atoms with van der Waals surface area (Å²) >= 11 is 0. The van der Waals surface area contributed by atoms with Crippen molar-refractivity contribution in [1.82, 2.24) is 4.90 Å². The molecule has 4 aliphatic carbocycles. The van der Waals surface area contributed by atoms with E-state index in [0.29, 0.717) is 11.3 Å². The molecule has 2 aromatic rings. The van der Waals surface area contributed by atoms with Gasteiger partial charge in [-0.1, -0.05) is 67.6 Å². The Hall–Kier alpha value is -2.13. The quantitative estimate of drug-likeness (QED) is 0.652. The Balaban J connectivity index is 1.23. The molecule has 1 aliphatic heterocycles. The molecule has 0 aromatic heterocycles. The summed E-state index contributed by atoms with van der Waals surface area (Å²) < 4.78 is 0. The van der Waals surface area contributed by atoms with E-state index in [1.807, 2.05) is 60.7 Å². The number of nitrogens with zero attached hydrogens (tertiary/aromatic N) is 1. The van der Waals surface area contributed by atoms with Crippen molar-refractivity contribution in [3.63, 3.8) is 0 Å². The number of benzene rings is 2. The van der Waals surface area contributed by atoms with Crippen molar-refractivity contribution < 1.29 is 9.90 Å². The molecule has 4 atom stereocenters. The van der Waals surface area contributed by atoms with Gasteiger partial charge in [0.25, 0.3) is 0 Å². The van der Waals surface area contributed by atoms with Crippen LogP contribution in [0.3, 0.4) is 0 Å². The highest BCUT2D eigenvalue weighted by Gasteiger charge is 2.59. The van der Waals surface area contributed by atoms with Crippen LogP contribution in [0.15, 0.2) is 60.7 Å². The molecule has 3 nitrogen and oxygen atoms in total. The lowest BCUT2D eigenvalue weighted by Crippen LogP contribution is -2.58. The third kappa shape index (κ3) is 3.46. The summed E-state index contributed by atoms with van der Waals surface area (Å²) in [6.07, 6.45) is 9.05. The van der Waals surface area contributed by atoms with Crippen LogP contribution in [0.4, 0.5) is 0 Å². The minimum absolute atomic E-state index is 0.0964. The molecule has 3 heteroatoms. The lowest BCUT2D eigenvalue weighted by molar-refractivity contribution is -0.168. The summed E-state index contributed by atoms with van der Waals surface area (Å²) in [4.78, 5) is 16.1. The second kappa shape index (κ2) is 7.70. The van der Waals surface area contributed by atoms with Gasteiger partial charge in [0, 0.05) is 13.1 Å². The molecule has 1 amide bonds. The maximum atomic E-state index is 14.0. The van der Waals surface area contributed by atoms with Crippen LogP contribution in [0, 0.1) is 28.6 Å². The molecule has 7 rings (SSSR count). The van der Waals surface area contributed by atoms with Gasteiger partial charge < -0.3 is 10.0 Å². The van der Waals surface area contributed by atoms with E-state index >= 15 is 0 Å². The highest BCUT2D eigenvalue weighted by molar-refractivity contribution is 5.83. The highest BCUT2D eigenvalue weighted by atomic mass is 16.3. The Labute approximate surface area is 198 Å². The molecule has 5 aliphatic rings. The predicted octanol–water partition coefficient (Wildman–Crippen LogP) is 5.77. The van der Waals surface area contributed by atoms with E-state index in [2.05, 4.69) is 11.8 Å². The minimum Gasteiger partial charge on any atom is -0.380 e. The Morgan fingerprint density at radius 1 is 0.879 bits per heavy atom. The van der Waals surface area contributed by atoms with E-state index in [1.54, 1.807) is 0 Å². The molecule has 1 saturated heterocycles. The Morgan fingerprint density at radius 2 is 1.39 bits per heavy atom. The van der Waals surface area contributed by atoms with Crippen molar-refractivity contribution >= 4 is 5.91 Å². The van der Waals surface area contributed by atoms with Gasteiger partial charge in [-0.25, -0.2) is 0 Å². The van der Waals surface area contributed by atoms with Gasteiger partial charge in [-0.2, -0.15) is 0 Å². The van der Waals surface area contributed by atoms with Crippen LogP contribution >= 0.6 is 0 Å². The number of aliphatic hydroxyl groups is 1. The first-order valence-electron chi connectivity index (χ1n) is 13.0. The van der Waals surface area contributed by atoms with E-state index in [1.165, 1.54) is 19.3 Å². The molecule has 0 radical (unpaired) electrons. The molecule has 33 heavy (non-hydrogen) atoms. The molecule has 4 bridgehead atoms. The van der Waals surface area contributed by atoms with Gasteiger partial charge in [0.05, 0.1) is 5.41 Å². The van der Waals surface area contributed by atoms with Gasteiger partial charge in [-0.15, -0.1) is 0 Å². The topological polar surface area (TPSA) is 40.5 Å². The van der Waals surface area contributed by atoms with Crippen LogP contribution in [0.1, 0.15) is 69.4 Å². The largest absolute Gasteiger partial charge is 0.380 e. The summed E-state index contributed by atoms with van der Waals surface area (Å²) in [5.74, 6) is 2.06. The number of carbonyl (C=O) groups is 1. The third-order valence-corrected chi connectivity index (χ3v) is 9.61. The smallest absolute Gasteiger partial charge is 0.228 e. The molecule has 1 heterocycles. The number of rotatable bonds is 4. The first-order chi connectivity index (χ1) is 15.9. The van der Waals surface area contributed by atoms with Gasteiger partial charge in [0.15, 0.2) is 0 Å². The average Bonchev–Trinajstić information content (AvgIpc) is 2.83. The predicted molar refractivity (Wildman–Crippen MR) is 130 cm³/mol. The van der Waals surface area contributed by atoms with Crippen molar-refractivity contribution in [2.45, 2.75) is 63.9 Å². The zero-order valence-electron chi connectivity index (χ0n) is 19.9. The van der Waals surface area contributed by atoms with Gasteiger partial charge >= 0.3 is 0 Å². The van der Waals surface area contributed by atoms with E-state index in [0.717, 1.165) is 68.2 Å². The van der Waals surface area contributed by atoms with E-state index in [9.17, 15) is 9.90 Å². The summed E-state index contributed by atoms with van der Waals surface area (Å²) in [7, 11) is 0. The number of hydrogen-bond donors (Lipinski definition) is 1. The summed E-state index contributed by atoms with van der Waals surface area (Å²) in [6.45, 7) is 3.97. The summed E-state index contributed by atoms with van der Waals surface area (Å²) in [5, 5.41) is 12.2. The molecule has 2 unspecified atom stereocenters. The normalized spacial score (nSPS) is 33.9. The fraction of sp³-hybridized carbons (Fsp3) is 0.567. The number of carbonyl (C=O) groups excluding carboxylic acids is 1. The summed E-state index contributed by atoms with van der Waals surface area (Å²) in [5.41, 5.74) is 1.18. The second-order valence-electron chi connectivity index (χ2n) is 12.1. The Kier molecular flexibility index (Phi) is 4.99. The van der Waals surface area contributed by atoms with Crippen molar-refractivity contribution in [3.05, 3.63) is 71.8 Å². The average molecular weight is 444 g/mol. The molecule has 4 saturated carbocycles. The lowest BCUT2D eigenvalue weighted by atomic mass is 9.44. The first-order valence-corrected chi connectivity index (χ1v) is 13.0. The monoisotopic (exact) mass is 443 g/mol. The van der Waals surface area contributed by atoms with Crippen molar-refractivity contribution in [2.24, 2.45) is 28.6 Å². The number of piperidine rings is 1. The molecule has 5 fully saturated rings. The maximum Gasteiger partial charge on any atom is 0.228 e. The van der Waals surface area contributed by atoms with Gasteiger partial charge in [0.2, 0.25) is 5.91 Å². The zero-order chi connectivity index (χ0) is 22.7. The second-order valence-corrected chi connectivity index (χ2v) is 12.1. The van der Waals surface area contributed by atoms with Crippen molar-refractivity contribution in [3.8, 4) is 0 Å². The van der Waals surface area contributed by atoms with Crippen LogP contribution in [0.2, 0.25) is 0 Å². The molecule has 2 aromatic carbocycles. The fourth-order valence-corrected chi connectivity index (χ4v) is 8.83. The van der Waals surface area contributed by atoms with Crippen LogP contribution in [0.5, 0.6) is 0 Å². The number of amides is 1. The fourth-order valence-electron chi connectivity index (χ4n) is 8.83. The summed E-state index contributed by atoms with van der Waals surface area (Å²) in [6, 6.07) is 20.2. The van der Waals surface area contributed by atoms with Gasteiger partial charge in [-0.3, -0.25) is 4.79 Å². The third-order valence-electron chi connectivity index (χ3n) is 9.61. The first kappa shape index (κ1) is 21.4. The standard InChI is InChI=1S/C30H37NO2/c1-28-17-22-16-23(18-28)20-29(19-22,21-28)27(32)31-14-12-26(13-15-31)30(33,24-8-4-2-5-9-24)25-10-6-3-7-11-25/h2-11,22-23,26,33H,12-21H2,1H3/t22-,23+,28?,29?. The van der Waals surface area contributed by atoms with Crippen LogP contribution < -0.4 is 0 Å². The SMILES string of the molecule is CC12C[C@H]3C[C@@H](C1)CC(C(=O)N1CCC(C(O)(c4ccccc4)c4ccccc4)CC1)(C3)C2. The number of likely N-dealkylation sites (tertiary alicyclic amines) is 1. The lowest BCUT2D eigenvalue weighted by Gasteiger charge is -2.61. The number of hydrogen-bond acceptors (Lipinski definition) is 2. The van der Waals surface area contributed by atoms with E-state index in [4.69, 9.17) is 0 Å². The van der Waals surface area contributed by atoms with Crippen LogP contribution in [0.25, 0.3) is 0 Å². The van der Waals surface area contributed by atoms with Crippen LogP contribution in [-0.2, 0) is 10.4 Å². The van der Waals surface area contributed by atoms with Crippen molar-refractivity contribution in [2.75, 3.05) is 13.1 Å². The molecule has 0 spiro atoms. The van der Waals surface area contributed by atoms with E-state index < -0.39 is 5.60 Å². The Bertz CT molecular complexity index is 955. The zero-order valence-corrected chi connectivity index (χ0v) is 19.9. The Morgan fingerprint density at radius 3 is 1.88 bits per heavy atom. The van der Waals surface area contributed by atoms with Gasteiger partial charge in [-0.05, 0) is 85.7 Å². The van der Waals surface area contributed by atoms with Gasteiger partial charge in [0.1, 0.15) is 5.60 Å². The molecular formula is C30H37NO2. The highest BCUT2D eigenvalue weighted by Crippen LogP contribution is 2.65.